The molecule has 1 unspecified atom stereocenters. The topological polar surface area (TPSA) is 180 Å². The van der Waals surface area contributed by atoms with Gasteiger partial charge in [-0.15, -0.1) is 0 Å². The van der Waals surface area contributed by atoms with Crippen LogP contribution in [0, 0.1) is 0 Å². The van der Waals surface area contributed by atoms with Gasteiger partial charge in [0.25, 0.3) is 0 Å². The molecular formula is C8H15N5O6. The van der Waals surface area contributed by atoms with Gasteiger partial charge in [-0.25, -0.2) is 5.43 Å². The van der Waals surface area contributed by atoms with Gasteiger partial charge >= 0.3 is 0 Å². The fourth-order valence-electron chi connectivity index (χ4n) is 1.51. The number of hydrogen-bond donors (Lipinski definition) is 6. The van der Waals surface area contributed by atoms with Crippen LogP contribution in [0.3, 0.4) is 0 Å². The quantitative estimate of drug-likeness (QED) is 0.132. The van der Waals surface area contributed by atoms with E-state index in [2.05, 4.69) is 20.9 Å². The number of nitrogens with one attached hydrogen (secondary N) is 2. The van der Waals surface area contributed by atoms with Crippen LogP contribution in [0.25, 0.3) is 10.4 Å². The zero-order valence-corrected chi connectivity index (χ0v) is 9.75. The van der Waals surface area contributed by atoms with Gasteiger partial charge in [0, 0.05) is 4.91 Å². The highest BCUT2D eigenvalue weighted by Gasteiger charge is 2.43. The van der Waals surface area contributed by atoms with Crippen molar-refractivity contribution in [3.63, 3.8) is 0 Å². The SMILES string of the molecule is [N-]=[N+]=NCC(=O)NNC1O[C@H](CO)[C@H](O)[C@H](O)[C@H]1O. The fourth-order valence-corrected chi connectivity index (χ4v) is 1.51. The summed E-state index contributed by atoms with van der Waals surface area (Å²) in [7, 11) is 0. The second kappa shape index (κ2) is 7.21. The maximum absolute atomic E-state index is 11.1. The number of amides is 1. The van der Waals surface area contributed by atoms with Crippen LogP contribution in [-0.2, 0) is 9.53 Å². The van der Waals surface area contributed by atoms with E-state index < -0.39 is 49.7 Å². The first kappa shape index (κ1) is 15.6. The van der Waals surface area contributed by atoms with Crippen molar-refractivity contribution in [3.8, 4) is 0 Å². The normalized spacial score (nSPS) is 34.4. The summed E-state index contributed by atoms with van der Waals surface area (Å²) in [5, 5.41) is 40.5. The summed E-state index contributed by atoms with van der Waals surface area (Å²) in [6, 6.07) is 0. The van der Waals surface area contributed by atoms with Gasteiger partial charge in [0.15, 0.2) is 6.23 Å². The van der Waals surface area contributed by atoms with Crippen LogP contribution in [0.15, 0.2) is 5.11 Å². The van der Waals surface area contributed by atoms with Crippen molar-refractivity contribution in [3.05, 3.63) is 10.4 Å². The molecule has 6 N–H and O–H groups in total. The average molecular weight is 277 g/mol. The van der Waals surface area contributed by atoms with E-state index >= 15 is 0 Å². The Kier molecular flexibility index (Phi) is 5.92. The molecule has 1 fully saturated rings. The third kappa shape index (κ3) is 4.01. The first-order chi connectivity index (χ1) is 9.01. The Bertz CT molecular complexity index is 360. The lowest BCUT2D eigenvalue weighted by Crippen LogP contribution is -2.64. The Morgan fingerprint density at radius 1 is 1.32 bits per heavy atom. The second-order valence-corrected chi connectivity index (χ2v) is 3.83. The molecule has 0 aliphatic carbocycles. The van der Waals surface area contributed by atoms with Gasteiger partial charge in [0.05, 0.1) is 6.61 Å². The molecule has 1 aliphatic heterocycles. The highest BCUT2D eigenvalue weighted by Crippen LogP contribution is 2.19. The fraction of sp³-hybridized carbons (Fsp3) is 0.875. The number of rotatable bonds is 5. The number of carbonyl (C=O) groups excluding carboxylic acids is 1. The van der Waals surface area contributed by atoms with Crippen molar-refractivity contribution >= 4 is 5.91 Å². The molecule has 1 amide bonds. The molecule has 0 radical (unpaired) electrons. The Morgan fingerprint density at radius 2 is 2.00 bits per heavy atom. The van der Waals surface area contributed by atoms with Gasteiger partial charge in [-0.1, -0.05) is 5.11 Å². The summed E-state index contributed by atoms with van der Waals surface area (Å²) in [5.74, 6) is -0.685. The first-order valence-corrected chi connectivity index (χ1v) is 5.37. The molecule has 0 bridgehead atoms. The van der Waals surface area contributed by atoms with Gasteiger partial charge in [-0.05, 0) is 5.53 Å². The Labute approximate surface area is 107 Å². The summed E-state index contributed by atoms with van der Waals surface area (Å²) in [6.45, 7) is -1.03. The molecule has 1 aliphatic rings. The van der Waals surface area contributed by atoms with E-state index in [-0.39, 0.29) is 0 Å². The van der Waals surface area contributed by atoms with Crippen molar-refractivity contribution in [1.29, 1.82) is 0 Å². The lowest BCUT2D eigenvalue weighted by molar-refractivity contribution is -0.238. The number of hydrazine groups is 1. The van der Waals surface area contributed by atoms with E-state index in [1.54, 1.807) is 0 Å². The highest BCUT2D eigenvalue weighted by atomic mass is 16.6. The maximum atomic E-state index is 11.1. The predicted molar refractivity (Wildman–Crippen MR) is 59.1 cm³/mol. The molecule has 0 aromatic carbocycles. The van der Waals surface area contributed by atoms with Crippen molar-refractivity contribution < 1.29 is 30.0 Å². The molecule has 0 aromatic heterocycles. The van der Waals surface area contributed by atoms with Crippen LogP contribution in [0.2, 0.25) is 0 Å². The van der Waals surface area contributed by atoms with E-state index in [1.165, 1.54) is 0 Å². The lowest BCUT2D eigenvalue weighted by Gasteiger charge is -2.40. The number of carbonyl (C=O) groups is 1. The second-order valence-electron chi connectivity index (χ2n) is 3.83. The van der Waals surface area contributed by atoms with Gasteiger partial charge < -0.3 is 25.2 Å². The Balaban J connectivity index is 2.52. The van der Waals surface area contributed by atoms with E-state index in [4.69, 9.17) is 15.4 Å². The number of aliphatic hydroxyl groups is 4. The highest BCUT2D eigenvalue weighted by molar-refractivity contribution is 5.77. The molecule has 1 rings (SSSR count). The molecule has 1 heterocycles. The Morgan fingerprint density at radius 3 is 2.58 bits per heavy atom. The first-order valence-electron chi connectivity index (χ1n) is 5.37. The minimum absolute atomic E-state index is 0.457. The largest absolute Gasteiger partial charge is 0.394 e. The average Bonchev–Trinajstić information content (AvgIpc) is 2.41. The molecule has 19 heavy (non-hydrogen) atoms. The molecule has 108 valence electrons. The summed E-state index contributed by atoms with van der Waals surface area (Å²) >= 11 is 0. The van der Waals surface area contributed by atoms with Gasteiger partial charge in [0.1, 0.15) is 31.0 Å². The molecule has 0 spiro atoms. The third-order valence-corrected chi connectivity index (χ3v) is 2.52. The van der Waals surface area contributed by atoms with Crippen LogP contribution in [0.4, 0.5) is 0 Å². The standard InChI is InChI=1S/C8H15N5O6/c9-13-10-1-4(15)11-12-8-7(18)6(17)5(16)3(2-14)19-8/h3,5-8,12,14,16-18H,1-2H2,(H,11,15)/t3-,5+,6+,7-,8?/m1/s1. The number of azide groups is 1. The van der Waals surface area contributed by atoms with Crippen LogP contribution < -0.4 is 10.9 Å². The summed E-state index contributed by atoms with van der Waals surface area (Å²) in [6.07, 6.45) is -6.84. The van der Waals surface area contributed by atoms with Crippen molar-refractivity contribution in [1.82, 2.24) is 10.9 Å². The van der Waals surface area contributed by atoms with Gasteiger partial charge in [-0.2, -0.15) is 0 Å². The molecular weight excluding hydrogens is 262 g/mol. The maximum Gasteiger partial charge on any atom is 0.240 e. The minimum Gasteiger partial charge on any atom is -0.394 e. The summed E-state index contributed by atoms with van der Waals surface area (Å²) in [4.78, 5) is 13.5. The molecule has 11 heteroatoms. The van der Waals surface area contributed by atoms with Crippen LogP contribution in [-0.4, -0.2) is 70.1 Å². The molecule has 1 saturated heterocycles. The van der Waals surface area contributed by atoms with Crippen molar-refractivity contribution in [2.75, 3.05) is 13.2 Å². The summed E-state index contributed by atoms with van der Waals surface area (Å²) in [5.41, 5.74) is 12.4. The molecule has 11 nitrogen and oxygen atoms in total. The number of hydrogen-bond acceptors (Lipinski definition) is 8. The lowest BCUT2D eigenvalue weighted by atomic mass is 9.99. The summed E-state index contributed by atoms with van der Waals surface area (Å²) < 4.78 is 5.05. The van der Waals surface area contributed by atoms with Crippen molar-refractivity contribution in [2.45, 2.75) is 30.6 Å². The van der Waals surface area contributed by atoms with Crippen molar-refractivity contribution in [2.24, 2.45) is 5.11 Å². The van der Waals surface area contributed by atoms with Gasteiger partial charge in [-0.3, -0.25) is 10.2 Å². The van der Waals surface area contributed by atoms with E-state index in [9.17, 15) is 20.1 Å². The Hall–Kier alpha value is -1.46. The number of nitrogens with zero attached hydrogens (tertiary/aromatic N) is 3. The predicted octanol–water partition coefficient (Wildman–Crippen LogP) is -3.28. The number of aliphatic hydroxyl groups excluding tert-OH is 4. The van der Waals surface area contributed by atoms with Gasteiger partial charge in [0.2, 0.25) is 5.91 Å². The molecule has 0 saturated carbocycles. The molecule has 0 aromatic rings. The van der Waals surface area contributed by atoms with Crippen LogP contribution in [0.5, 0.6) is 0 Å². The zero-order chi connectivity index (χ0) is 14.4. The monoisotopic (exact) mass is 277 g/mol. The van der Waals surface area contributed by atoms with E-state index in [1.807, 2.05) is 0 Å². The minimum atomic E-state index is -1.54. The zero-order valence-electron chi connectivity index (χ0n) is 9.75. The number of ether oxygens (including phenoxy) is 1. The van der Waals surface area contributed by atoms with Crippen LogP contribution in [0.1, 0.15) is 0 Å². The smallest absolute Gasteiger partial charge is 0.240 e. The molecule has 5 atom stereocenters. The van der Waals surface area contributed by atoms with E-state index in [0.717, 1.165) is 0 Å². The van der Waals surface area contributed by atoms with E-state index in [0.29, 0.717) is 0 Å². The third-order valence-electron chi connectivity index (χ3n) is 2.52. The van der Waals surface area contributed by atoms with Crippen LogP contribution >= 0.6 is 0 Å².